The lowest BCUT2D eigenvalue weighted by Gasteiger charge is -2.31. The molecule has 5 rings (SSSR count). The lowest BCUT2D eigenvalue weighted by atomic mass is 9.88. The highest BCUT2D eigenvalue weighted by Gasteiger charge is 2.32. The third kappa shape index (κ3) is 4.53. The Bertz CT molecular complexity index is 1430. The van der Waals surface area contributed by atoms with Gasteiger partial charge in [0.15, 0.2) is 0 Å². The van der Waals surface area contributed by atoms with E-state index in [1.807, 2.05) is 30.3 Å². The molecule has 4 aromatic rings. The highest BCUT2D eigenvalue weighted by molar-refractivity contribution is 7.89. The lowest BCUT2D eigenvalue weighted by Crippen LogP contribution is -2.38. The summed E-state index contributed by atoms with van der Waals surface area (Å²) in [6.45, 7) is 5.91. The molecule has 182 valence electrons. The van der Waals surface area contributed by atoms with E-state index in [2.05, 4.69) is 36.6 Å². The first-order valence-corrected chi connectivity index (χ1v) is 13.7. The van der Waals surface area contributed by atoms with Gasteiger partial charge in [-0.15, -0.1) is 0 Å². The minimum absolute atomic E-state index is 0.230. The van der Waals surface area contributed by atoms with Crippen LogP contribution in [-0.2, 0) is 23.0 Å². The quantitative estimate of drug-likeness (QED) is 0.320. The van der Waals surface area contributed by atoms with E-state index in [0.717, 1.165) is 35.9 Å². The largest absolute Gasteiger partial charge is 0.340 e. The van der Waals surface area contributed by atoms with Crippen molar-refractivity contribution in [1.29, 1.82) is 0 Å². The molecule has 0 N–H and O–H groups in total. The monoisotopic (exact) mass is 490 g/mol. The number of para-hydroxylation sites is 1. The van der Waals surface area contributed by atoms with Gasteiger partial charge in [0.1, 0.15) is 5.82 Å². The summed E-state index contributed by atoms with van der Waals surface area (Å²) in [6, 6.07) is 22.3. The molecule has 0 aliphatic carbocycles. The Balaban J connectivity index is 1.40. The zero-order valence-corrected chi connectivity index (χ0v) is 21.1. The van der Waals surface area contributed by atoms with Crippen LogP contribution in [0.2, 0.25) is 0 Å². The second kappa shape index (κ2) is 9.59. The van der Waals surface area contributed by atoms with E-state index < -0.39 is 10.0 Å². The molecular formula is C29H31FN2O2S. The predicted octanol–water partition coefficient (Wildman–Crippen LogP) is 6.27. The summed E-state index contributed by atoms with van der Waals surface area (Å²) < 4.78 is 43.8. The summed E-state index contributed by atoms with van der Waals surface area (Å²) in [7, 11) is -3.49. The van der Waals surface area contributed by atoms with Gasteiger partial charge in [0.25, 0.3) is 0 Å². The van der Waals surface area contributed by atoms with Gasteiger partial charge in [-0.2, -0.15) is 4.31 Å². The van der Waals surface area contributed by atoms with Crippen LogP contribution in [0.4, 0.5) is 4.39 Å². The molecule has 1 fully saturated rings. The summed E-state index contributed by atoms with van der Waals surface area (Å²) >= 11 is 0. The molecule has 6 heteroatoms. The molecule has 3 aromatic carbocycles. The number of aryl methyl sites for hydroxylation is 1. The van der Waals surface area contributed by atoms with Gasteiger partial charge in [-0.1, -0.05) is 49.4 Å². The van der Waals surface area contributed by atoms with Crippen molar-refractivity contribution in [2.75, 3.05) is 13.1 Å². The molecule has 0 spiro atoms. The van der Waals surface area contributed by atoms with Crippen LogP contribution >= 0.6 is 0 Å². The van der Waals surface area contributed by atoms with Crippen LogP contribution in [0.25, 0.3) is 10.9 Å². The fourth-order valence-corrected chi connectivity index (χ4v) is 6.85. The van der Waals surface area contributed by atoms with E-state index in [0.29, 0.717) is 30.4 Å². The molecule has 1 saturated heterocycles. The molecule has 1 aliphatic rings. The number of hydrogen-bond acceptors (Lipinski definition) is 2. The molecule has 0 amide bonds. The molecule has 4 nitrogen and oxygen atoms in total. The topological polar surface area (TPSA) is 42.3 Å². The summed E-state index contributed by atoms with van der Waals surface area (Å²) in [5, 5.41) is 1.23. The van der Waals surface area contributed by atoms with E-state index in [4.69, 9.17) is 0 Å². The zero-order chi connectivity index (χ0) is 24.6. The molecule has 0 atom stereocenters. The summed E-state index contributed by atoms with van der Waals surface area (Å²) in [6.07, 6.45) is 2.47. The molecule has 1 aliphatic heterocycles. The van der Waals surface area contributed by atoms with Crippen molar-refractivity contribution in [2.45, 2.75) is 50.5 Å². The number of halogens is 1. The van der Waals surface area contributed by atoms with Crippen LogP contribution in [-0.4, -0.2) is 30.4 Å². The molecule has 1 aromatic heterocycles. The molecule has 0 bridgehead atoms. The Hall–Kier alpha value is -2.96. The Kier molecular flexibility index (Phi) is 6.51. The van der Waals surface area contributed by atoms with Gasteiger partial charge in [0.05, 0.1) is 4.90 Å². The van der Waals surface area contributed by atoms with Crippen molar-refractivity contribution in [3.63, 3.8) is 0 Å². The maximum atomic E-state index is 13.4. The van der Waals surface area contributed by atoms with Gasteiger partial charge in [-0.25, -0.2) is 12.8 Å². The van der Waals surface area contributed by atoms with Crippen molar-refractivity contribution in [2.24, 2.45) is 0 Å². The van der Waals surface area contributed by atoms with E-state index in [1.165, 1.54) is 28.8 Å². The second-order valence-electron chi connectivity index (χ2n) is 9.40. The fourth-order valence-electron chi connectivity index (χ4n) is 5.38. The Morgan fingerprint density at radius 1 is 0.886 bits per heavy atom. The lowest BCUT2D eigenvalue weighted by molar-refractivity contribution is 0.319. The Morgan fingerprint density at radius 3 is 2.17 bits per heavy atom. The van der Waals surface area contributed by atoms with Gasteiger partial charge in [-0.3, -0.25) is 0 Å². The maximum Gasteiger partial charge on any atom is 0.243 e. The van der Waals surface area contributed by atoms with Gasteiger partial charge >= 0.3 is 0 Å². The number of sulfonamides is 1. The highest BCUT2D eigenvalue weighted by atomic mass is 32.2. The van der Waals surface area contributed by atoms with Crippen molar-refractivity contribution < 1.29 is 12.8 Å². The molecule has 0 unspecified atom stereocenters. The molecule has 2 heterocycles. The molecular weight excluding hydrogens is 459 g/mol. The SMILES string of the molecule is CCc1ccc(S(=O)(=O)N2CCC(c3c(C)n(Cc4ccc(F)cc4)c4ccccc34)CC2)cc1. The van der Waals surface area contributed by atoms with E-state index in [9.17, 15) is 12.8 Å². The number of aromatic nitrogens is 1. The average molecular weight is 491 g/mol. The van der Waals surface area contributed by atoms with Crippen LogP contribution in [0.1, 0.15) is 48.1 Å². The van der Waals surface area contributed by atoms with Gasteiger partial charge in [0.2, 0.25) is 10.0 Å². The third-order valence-electron chi connectivity index (χ3n) is 7.37. The number of benzene rings is 3. The van der Waals surface area contributed by atoms with Gasteiger partial charge < -0.3 is 4.57 Å². The maximum absolute atomic E-state index is 13.4. The number of fused-ring (bicyclic) bond motifs is 1. The smallest absolute Gasteiger partial charge is 0.243 e. The number of hydrogen-bond donors (Lipinski definition) is 0. The second-order valence-corrected chi connectivity index (χ2v) is 11.3. The number of piperidine rings is 1. The Labute approximate surface area is 207 Å². The van der Waals surface area contributed by atoms with Crippen LogP contribution in [0, 0.1) is 12.7 Å². The standard InChI is InChI=1S/C29H31FN2O2S/c1-3-22-10-14-26(15-11-22)35(33,34)31-18-16-24(17-19-31)29-21(2)32(28-7-5-4-6-27(28)29)20-23-8-12-25(30)13-9-23/h4-15,24H,3,16-20H2,1-2H3. The van der Waals surface area contributed by atoms with Crippen LogP contribution in [0.3, 0.4) is 0 Å². The predicted molar refractivity (Wildman–Crippen MR) is 139 cm³/mol. The average Bonchev–Trinajstić information content (AvgIpc) is 3.16. The highest BCUT2D eigenvalue weighted by Crippen LogP contribution is 2.38. The minimum Gasteiger partial charge on any atom is -0.340 e. The first-order chi connectivity index (χ1) is 16.9. The number of rotatable bonds is 6. The zero-order valence-electron chi connectivity index (χ0n) is 20.2. The van der Waals surface area contributed by atoms with Crippen molar-refractivity contribution in [3.8, 4) is 0 Å². The first kappa shape index (κ1) is 23.8. The normalized spacial score (nSPS) is 15.6. The van der Waals surface area contributed by atoms with Gasteiger partial charge in [-0.05, 0) is 79.1 Å². The molecule has 0 saturated carbocycles. The molecule has 0 radical (unpaired) electrons. The molecule has 35 heavy (non-hydrogen) atoms. The van der Waals surface area contributed by atoms with E-state index in [1.54, 1.807) is 16.4 Å². The van der Waals surface area contributed by atoms with Gasteiger partial charge in [0, 0.05) is 36.2 Å². The van der Waals surface area contributed by atoms with Crippen LogP contribution < -0.4 is 0 Å². The minimum atomic E-state index is -3.49. The van der Waals surface area contributed by atoms with Crippen LogP contribution in [0.15, 0.2) is 77.7 Å². The first-order valence-electron chi connectivity index (χ1n) is 12.3. The van der Waals surface area contributed by atoms with Crippen molar-refractivity contribution in [1.82, 2.24) is 8.87 Å². The summed E-state index contributed by atoms with van der Waals surface area (Å²) in [4.78, 5) is 0.375. The van der Waals surface area contributed by atoms with E-state index in [-0.39, 0.29) is 5.82 Å². The van der Waals surface area contributed by atoms with Crippen molar-refractivity contribution in [3.05, 3.63) is 101 Å². The van der Waals surface area contributed by atoms with Crippen LogP contribution in [0.5, 0.6) is 0 Å². The Morgan fingerprint density at radius 2 is 1.51 bits per heavy atom. The van der Waals surface area contributed by atoms with E-state index >= 15 is 0 Å². The number of nitrogens with zero attached hydrogens (tertiary/aromatic N) is 2. The summed E-state index contributed by atoms with van der Waals surface area (Å²) in [5.41, 5.74) is 5.86. The third-order valence-corrected chi connectivity index (χ3v) is 9.28. The fraction of sp³-hybridized carbons (Fsp3) is 0.310. The van der Waals surface area contributed by atoms with Crippen molar-refractivity contribution >= 4 is 20.9 Å². The summed E-state index contributed by atoms with van der Waals surface area (Å²) in [5.74, 6) is 0.0647.